The fourth-order valence-electron chi connectivity index (χ4n) is 2.64. The van der Waals surface area contributed by atoms with Gasteiger partial charge in [0.15, 0.2) is 0 Å². The minimum absolute atomic E-state index is 0.132. The van der Waals surface area contributed by atoms with E-state index in [-0.39, 0.29) is 6.04 Å². The molecule has 0 fully saturated rings. The van der Waals surface area contributed by atoms with E-state index in [0.717, 1.165) is 21.5 Å². The summed E-state index contributed by atoms with van der Waals surface area (Å²) in [6.07, 6.45) is 1.83. The van der Waals surface area contributed by atoms with E-state index in [1.165, 1.54) is 11.1 Å². The maximum absolute atomic E-state index is 6.12. The summed E-state index contributed by atoms with van der Waals surface area (Å²) in [4.78, 5) is 4.44. The van der Waals surface area contributed by atoms with Gasteiger partial charge in [-0.25, -0.2) is 0 Å². The van der Waals surface area contributed by atoms with Gasteiger partial charge in [0.1, 0.15) is 0 Å². The topological polar surface area (TPSA) is 24.9 Å². The first-order valence-corrected chi connectivity index (χ1v) is 7.35. The summed E-state index contributed by atoms with van der Waals surface area (Å²) >= 11 is 6.12. The molecule has 0 amide bonds. The number of fused-ring (bicyclic) bond motifs is 1. The molecular formula is C18H17ClN2. The van der Waals surface area contributed by atoms with E-state index in [1.807, 2.05) is 32.3 Å². The number of rotatable bonds is 3. The Morgan fingerprint density at radius 3 is 2.57 bits per heavy atom. The van der Waals surface area contributed by atoms with Gasteiger partial charge in [-0.3, -0.25) is 4.98 Å². The van der Waals surface area contributed by atoms with E-state index in [0.29, 0.717) is 0 Å². The highest BCUT2D eigenvalue weighted by Gasteiger charge is 2.13. The molecular weight excluding hydrogens is 280 g/mol. The van der Waals surface area contributed by atoms with E-state index in [2.05, 4.69) is 46.7 Å². The molecule has 106 valence electrons. The van der Waals surface area contributed by atoms with Crippen molar-refractivity contribution in [3.8, 4) is 0 Å². The summed E-state index contributed by atoms with van der Waals surface area (Å²) in [6.45, 7) is 2.03. The second-order valence-corrected chi connectivity index (χ2v) is 5.59. The fourth-order valence-corrected chi connectivity index (χ4v) is 2.75. The van der Waals surface area contributed by atoms with E-state index < -0.39 is 0 Å². The minimum Gasteiger partial charge on any atom is -0.309 e. The zero-order valence-electron chi connectivity index (χ0n) is 12.1. The third-order valence-corrected chi connectivity index (χ3v) is 4.19. The van der Waals surface area contributed by atoms with Crippen molar-refractivity contribution in [2.45, 2.75) is 13.0 Å². The normalized spacial score (nSPS) is 12.5. The Hall–Kier alpha value is -1.90. The Morgan fingerprint density at radius 2 is 1.81 bits per heavy atom. The van der Waals surface area contributed by atoms with E-state index in [4.69, 9.17) is 11.6 Å². The lowest BCUT2D eigenvalue weighted by Crippen LogP contribution is -2.17. The largest absolute Gasteiger partial charge is 0.309 e. The van der Waals surface area contributed by atoms with Crippen LogP contribution in [0.4, 0.5) is 0 Å². The molecule has 0 aliphatic heterocycles. The molecule has 0 aliphatic rings. The molecule has 0 saturated heterocycles. The Bertz CT molecular complexity index is 783. The first-order valence-electron chi connectivity index (χ1n) is 6.97. The van der Waals surface area contributed by atoms with Crippen LogP contribution in [0, 0.1) is 6.92 Å². The molecule has 1 heterocycles. The molecule has 1 atom stereocenters. The van der Waals surface area contributed by atoms with Gasteiger partial charge < -0.3 is 5.32 Å². The van der Waals surface area contributed by atoms with Gasteiger partial charge in [0.2, 0.25) is 0 Å². The summed E-state index contributed by atoms with van der Waals surface area (Å²) in [6, 6.07) is 16.7. The van der Waals surface area contributed by atoms with Crippen molar-refractivity contribution in [3.05, 3.63) is 76.4 Å². The third kappa shape index (κ3) is 2.78. The summed E-state index contributed by atoms with van der Waals surface area (Å²) in [7, 11) is 1.97. The maximum atomic E-state index is 6.12. The Labute approximate surface area is 129 Å². The fraction of sp³-hybridized carbons (Fsp3) is 0.167. The molecule has 2 nitrogen and oxygen atoms in total. The number of halogens is 1. The molecule has 1 N–H and O–H groups in total. The van der Waals surface area contributed by atoms with Gasteiger partial charge in [0, 0.05) is 16.6 Å². The van der Waals surface area contributed by atoms with E-state index in [9.17, 15) is 0 Å². The lowest BCUT2D eigenvalue weighted by Gasteiger charge is -2.18. The molecule has 2 aromatic carbocycles. The molecule has 0 saturated carbocycles. The summed E-state index contributed by atoms with van der Waals surface area (Å²) < 4.78 is 0. The summed E-state index contributed by atoms with van der Waals surface area (Å²) in [5, 5.41) is 5.33. The number of pyridine rings is 1. The highest BCUT2D eigenvalue weighted by Crippen LogP contribution is 2.27. The van der Waals surface area contributed by atoms with Crippen LogP contribution in [-0.4, -0.2) is 12.0 Å². The number of aryl methyl sites for hydroxylation is 1. The van der Waals surface area contributed by atoms with Gasteiger partial charge in [-0.1, -0.05) is 41.9 Å². The van der Waals surface area contributed by atoms with Crippen molar-refractivity contribution in [1.82, 2.24) is 10.3 Å². The van der Waals surface area contributed by atoms with Crippen LogP contribution in [0.3, 0.4) is 0 Å². The molecule has 0 aliphatic carbocycles. The number of benzene rings is 2. The van der Waals surface area contributed by atoms with Crippen LogP contribution in [0.5, 0.6) is 0 Å². The maximum Gasteiger partial charge on any atom is 0.0705 e. The second-order valence-electron chi connectivity index (χ2n) is 5.19. The number of hydrogen-bond donors (Lipinski definition) is 1. The molecule has 0 spiro atoms. The van der Waals surface area contributed by atoms with Crippen LogP contribution in [-0.2, 0) is 0 Å². The standard InChI is InChI=1S/C18H17ClN2/c1-12-10-14(7-8-16(12)19)18(20-2)15-6-5-13-4-3-9-21-17(13)11-15/h3-11,18,20H,1-2H3. The lowest BCUT2D eigenvalue weighted by molar-refractivity contribution is 0.692. The summed E-state index contributed by atoms with van der Waals surface area (Å²) in [5.41, 5.74) is 4.51. The molecule has 3 heteroatoms. The van der Waals surface area contributed by atoms with Gasteiger partial charge in [-0.05, 0) is 48.9 Å². The lowest BCUT2D eigenvalue weighted by atomic mass is 9.96. The Morgan fingerprint density at radius 1 is 1.05 bits per heavy atom. The molecule has 1 aromatic heterocycles. The van der Waals surface area contributed by atoms with Crippen LogP contribution in [0.25, 0.3) is 10.9 Å². The number of nitrogens with zero attached hydrogens (tertiary/aromatic N) is 1. The number of aromatic nitrogens is 1. The van der Waals surface area contributed by atoms with Crippen molar-refractivity contribution in [3.63, 3.8) is 0 Å². The molecule has 0 radical (unpaired) electrons. The SMILES string of the molecule is CNC(c1ccc(Cl)c(C)c1)c1ccc2cccnc2c1. The molecule has 0 bridgehead atoms. The van der Waals surface area contributed by atoms with Gasteiger partial charge in [0.25, 0.3) is 0 Å². The van der Waals surface area contributed by atoms with Crippen molar-refractivity contribution < 1.29 is 0 Å². The quantitative estimate of drug-likeness (QED) is 0.769. The average Bonchev–Trinajstić information content (AvgIpc) is 2.51. The van der Waals surface area contributed by atoms with Crippen LogP contribution < -0.4 is 5.32 Å². The molecule has 1 unspecified atom stereocenters. The predicted molar refractivity (Wildman–Crippen MR) is 88.8 cm³/mol. The third-order valence-electron chi connectivity index (χ3n) is 3.77. The Balaban J connectivity index is 2.06. The second kappa shape index (κ2) is 5.84. The number of nitrogens with one attached hydrogen (secondary N) is 1. The van der Waals surface area contributed by atoms with Crippen LogP contribution in [0.1, 0.15) is 22.7 Å². The van der Waals surface area contributed by atoms with Crippen molar-refractivity contribution >= 4 is 22.5 Å². The molecule has 21 heavy (non-hydrogen) atoms. The van der Waals surface area contributed by atoms with Crippen LogP contribution in [0.15, 0.2) is 54.7 Å². The first-order chi connectivity index (χ1) is 10.2. The zero-order chi connectivity index (χ0) is 14.8. The average molecular weight is 297 g/mol. The van der Waals surface area contributed by atoms with Gasteiger partial charge >= 0.3 is 0 Å². The van der Waals surface area contributed by atoms with Gasteiger partial charge in [-0.15, -0.1) is 0 Å². The van der Waals surface area contributed by atoms with Crippen molar-refractivity contribution in [2.24, 2.45) is 0 Å². The van der Waals surface area contributed by atoms with Gasteiger partial charge in [0.05, 0.1) is 11.6 Å². The first kappa shape index (κ1) is 14.1. The predicted octanol–water partition coefficient (Wildman–Crippen LogP) is 4.51. The van der Waals surface area contributed by atoms with E-state index >= 15 is 0 Å². The number of hydrogen-bond acceptors (Lipinski definition) is 2. The summed E-state index contributed by atoms with van der Waals surface area (Å²) in [5.74, 6) is 0. The van der Waals surface area contributed by atoms with Gasteiger partial charge in [-0.2, -0.15) is 0 Å². The monoisotopic (exact) mass is 296 g/mol. The Kier molecular flexibility index (Phi) is 3.91. The van der Waals surface area contributed by atoms with Crippen LogP contribution in [0.2, 0.25) is 5.02 Å². The van der Waals surface area contributed by atoms with Crippen molar-refractivity contribution in [1.29, 1.82) is 0 Å². The van der Waals surface area contributed by atoms with Crippen molar-refractivity contribution in [2.75, 3.05) is 7.05 Å². The van der Waals surface area contributed by atoms with Crippen LogP contribution >= 0.6 is 11.6 Å². The smallest absolute Gasteiger partial charge is 0.0705 e. The van der Waals surface area contributed by atoms with E-state index in [1.54, 1.807) is 0 Å². The molecule has 3 rings (SSSR count). The highest BCUT2D eigenvalue weighted by atomic mass is 35.5. The zero-order valence-corrected chi connectivity index (χ0v) is 12.9. The molecule has 3 aromatic rings. The minimum atomic E-state index is 0.132. The highest BCUT2D eigenvalue weighted by molar-refractivity contribution is 6.31.